The predicted octanol–water partition coefficient (Wildman–Crippen LogP) is 1.62. The van der Waals surface area contributed by atoms with E-state index in [1.165, 1.54) is 25.7 Å². The molecular weight excluding hydrogens is 178 g/mol. The zero-order valence-electron chi connectivity index (χ0n) is 8.84. The number of hydrogen-bond acceptors (Lipinski definition) is 4. The van der Waals surface area contributed by atoms with Crippen molar-refractivity contribution in [2.45, 2.75) is 44.6 Å². The van der Waals surface area contributed by atoms with Crippen molar-refractivity contribution in [3.8, 4) is 0 Å². The van der Waals surface area contributed by atoms with Crippen LogP contribution in [0.1, 0.15) is 44.4 Å². The Morgan fingerprint density at radius 2 is 2.07 bits per heavy atom. The van der Waals surface area contributed by atoms with Gasteiger partial charge in [-0.3, -0.25) is 0 Å². The molecule has 1 heterocycles. The van der Waals surface area contributed by atoms with Crippen LogP contribution >= 0.6 is 0 Å². The first-order valence-electron chi connectivity index (χ1n) is 5.22. The Morgan fingerprint density at radius 3 is 2.71 bits per heavy atom. The highest BCUT2D eigenvalue weighted by atomic mass is 16.4. The number of nitrogens with one attached hydrogen (secondary N) is 1. The molecule has 1 aromatic rings. The molecule has 4 heteroatoms. The van der Waals surface area contributed by atoms with E-state index in [0.29, 0.717) is 12.4 Å². The van der Waals surface area contributed by atoms with Crippen molar-refractivity contribution in [3.63, 3.8) is 0 Å². The van der Waals surface area contributed by atoms with Crippen LogP contribution < -0.4 is 5.32 Å². The van der Waals surface area contributed by atoms with Gasteiger partial charge in [-0.05, 0) is 19.9 Å². The van der Waals surface area contributed by atoms with Crippen LogP contribution in [0.2, 0.25) is 0 Å². The van der Waals surface area contributed by atoms with E-state index in [-0.39, 0.29) is 5.41 Å². The summed E-state index contributed by atoms with van der Waals surface area (Å²) >= 11 is 0. The molecule has 1 saturated carbocycles. The van der Waals surface area contributed by atoms with Gasteiger partial charge in [0.15, 0.2) is 0 Å². The predicted molar refractivity (Wildman–Crippen MR) is 52.9 cm³/mol. The van der Waals surface area contributed by atoms with Gasteiger partial charge in [-0.25, -0.2) is 0 Å². The van der Waals surface area contributed by atoms with E-state index >= 15 is 0 Å². The molecule has 0 bridgehead atoms. The molecule has 0 spiro atoms. The smallest absolute Gasteiger partial charge is 0.230 e. The van der Waals surface area contributed by atoms with Gasteiger partial charge in [0.05, 0.1) is 6.54 Å². The van der Waals surface area contributed by atoms with Gasteiger partial charge >= 0.3 is 0 Å². The van der Waals surface area contributed by atoms with Crippen LogP contribution in [0.15, 0.2) is 4.42 Å². The van der Waals surface area contributed by atoms with Crippen LogP contribution in [0.3, 0.4) is 0 Å². The zero-order valence-corrected chi connectivity index (χ0v) is 8.84. The molecule has 4 nitrogen and oxygen atoms in total. The largest absolute Gasteiger partial charge is 0.423 e. The second-order valence-corrected chi connectivity index (χ2v) is 4.30. The maximum Gasteiger partial charge on any atom is 0.230 e. The summed E-state index contributed by atoms with van der Waals surface area (Å²) in [5.41, 5.74) is 0.138. The highest BCUT2D eigenvalue weighted by molar-refractivity contribution is 5.04. The van der Waals surface area contributed by atoms with Crippen molar-refractivity contribution >= 4 is 0 Å². The van der Waals surface area contributed by atoms with E-state index in [4.69, 9.17) is 4.42 Å². The highest BCUT2D eigenvalue weighted by Crippen LogP contribution is 2.39. The van der Waals surface area contributed by atoms with Gasteiger partial charge in [0.25, 0.3) is 0 Å². The second kappa shape index (κ2) is 3.69. The maximum absolute atomic E-state index is 5.63. The van der Waals surface area contributed by atoms with Crippen molar-refractivity contribution in [1.82, 2.24) is 15.5 Å². The molecule has 1 aliphatic rings. The lowest BCUT2D eigenvalue weighted by molar-refractivity contribution is 0.334. The van der Waals surface area contributed by atoms with E-state index < -0.39 is 0 Å². The fraction of sp³-hybridized carbons (Fsp3) is 0.800. The van der Waals surface area contributed by atoms with Gasteiger partial charge < -0.3 is 9.73 Å². The Hall–Kier alpha value is -0.900. The average Bonchev–Trinajstić information content (AvgIpc) is 2.75. The summed E-state index contributed by atoms with van der Waals surface area (Å²) in [6.45, 7) is 2.87. The molecule has 0 radical (unpaired) electrons. The van der Waals surface area contributed by atoms with Crippen LogP contribution in [0, 0.1) is 0 Å². The van der Waals surface area contributed by atoms with E-state index in [1.54, 1.807) is 0 Å². The fourth-order valence-electron chi connectivity index (χ4n) is 2.09. The van der Waals surface area contributed by atoms with E-state index in [2.05, 4.69) is 22.4 Å². The summed E-state index contributed by atoms with van der Waals surface area (Å²) in [5.74, 6) is 1.51. The molecule has 0 unspecified atom stereocenters. The molecule has 1 N–H and O–H groups in total. The molecule has 1 fully saturated rings. The minimum Gasteiger partial charge on any atom is -0.423 e. The first-order valence-corrected chi connectivity index (χ1v) is 5.22. The van der Waals surface area contributed by atoms with Gasteiger partial charge in [-0.15, -0.1) is 10.2 Å². The van der Waals surface area contributed by atoms with Gasteiger partial charge in [0.2, 0.25) is 11.8 Å². The lowest BCUT2D eigenvalue weighted by Crippen LogP contribution is -2.17. The first-order chi connectivity index (χ1) is 6.74. The Kier molecular flexibility index (Phi) is 2.54. The van der Waals surface area contributed by atoms with Crippen molar-refractivity contribution in [1.29, 1.82) is 0 Å². The third-order valence-corrected chi connectivity index (χ3v) is 3.02. The second-order valence-electron chi connectivity index (χ2n) is 4.30. The Bertz CT molecular complexity index is 302. The average molecular weight is 195 g/mol. The number of aromatic nitrogens is 2. The highest BCUT2D eigenvalue weighted by Gasteiger charge is 2.35. The van der Waals surface area contributed by atoms with Crippen molar-refractivity contribution < 1.29 is 4.42 Å². The monoisotopic (exact) mass is 195 g/mol. The van der Waals surface area contributed by atoms with Gasteiger partial charge in [0, 0.05) is 5.41 Å². The van der Waals surface area contributed by atoms with Crippen LogP contribution in [-0.4, -0.2) is 17.2 Å². The molecule has 1 aromatic heterocycles. The molecule has 0 saturated heterocycles. The fourth-order valence-corrected chi connectivity index (χ4v) is 2.09. The van der Waals surface area contributed by atoms with E-state index in [1.807, 2.05) is 7.05 Å². The lowest BCUT2D eigenvalue weighted by atomic mass is 9.89. The summed E-state index contributed by atoms with van der Waals surface area (Å²) < 4.78 is 5.63. The van der Waals surface area contributed by atoms with Crippen LogP contribution in [0.4, 0.5) is 0 Å². The van der Waals surface area contributed by atoms with Gasteiger partial charge in [-0.2, -0.15) is 0 Å². The van der Waals surface area contributed by atoms with Gasteiger partial charge in [-0.1, -0.05) is 19.8 Å². The molecule has 0 amide bonds. The minimum absolute atomic E-state index is 0.138. The van der Waals surface area contributed by atoms with Crippen molar-refractivity contribution in [2.24, 2.45) is 0 Å². The molecule has 1 aliphatic carbocycles. The number of nitrogens with zero attached hydrogens (tertiary/aromatic N) is 2. The Balaban J connectivity index is 2.15. The molecule has 2 rings (SSSR count). The molecule has 0 atom stereocenters. The van der Waals surface area contributed by atoms with Gasteiger partial charge in [0.1, 0.15) is 0 Å². The first kappa shape index (κ1) is 9.65. The van der Waals surface area contributed by atoms with Crippen LogP contribution in [0.5, 0.6) is 0 Å². The Morgan fingerprint density at radius 1 is 1.36 bits per heavy atom. The molecular formula is C10H17N3O. The lowest BCUT2D eigenvalue weighted by Gasteiger charge is -2.17. The van der Waals surface area contributed by atoms with Crippen molar-refractivity contribution in [2.75, 3.05) is 7.05 Å². The van der Waals surface area contributed by atoms with Crippen molar-refractivity contribution in [3.05, 3.63) is 11.8 Å². The van der Waals surface area contributed by atoms with E-state index in [0.717, 1.165) is 5.89 Å². The molecule has 0 aliphatic heterocycles. The maximum atomic E-state index is 5.63. The molecule has 0 aromatic carbocycles. The quantitative estimate of drug-likeness (QED) is 0.796. The van der Waals surface area contributed by atoms with Crippen LogP contribution in [0.25, 0.3) is 0 Å². The summed E-state index contributed by atoms with van der Waals surface area (Å²) in [6.07, 6.45) is 4.91. The normalized spacial score (nSPS) is 20.1. The summed E-state index contributed by atoms with van der Waals surface area (Å²) in [5, 5.41) is 11.2. The zero-order chi connectivity index (χ0) is 10.0. The third-order valence-electron chi connectivity index (χ3n) is 3.02. The summed E-state index contributed by atoms with van der Waals surface area (Å²) in [7, 11) is 1.88. The Labute approximate surface area is 84.1 Å². The van der Waals surface area contributed by atoms with E-state index in [9.17, 15) is 0 Å². The minimum atomic E-state index is 0.138. The SMILES string of the molecule is CNCc1nnc(C2(C)CCCC2)o1. The summed E-state index contributed by atoms with van der Waals surface area (Å²) in [6, 6.07) is 0. The number of hydrogen-bond donors (Lipinski definition) is 1. The standard InChI is InChI=1S/C10H17N3O/c1-10(5-3-4-6-10)9-13-12-8(14-9)7-11-2/h11H,3-7H2,1-2H3. The third kappa shape index (κ3) is 1.66. The topological polar surface area (TPSA) is 51.0 Å². The summed E-state index contributed by atoms with van der Waals surface area (Å²) in [4.78, 5) is 0. The van der Waals surface area contributed by atoms with Crippen LogP contribution in [-0.2, 0) is 12.0 Å². The number of rotatable bonds is 3. The molecule has 14 heavy (non-hydrogen) atoms. The molecule has 78 valence electrons.